The van der Waals surface area contributed by atoms with Crippen molar-refractivity contribution in [2.24, 2.45) is 0 Å². The van der Waals surface area contributed by atoms with E-state index in [2.05, 4.69) is 14.1 Å². The maximum absolute atomic E-state index is 2.47. The number of nitrogens with zero attached hydrogens (tertiary/aromatic N) is 2. The Bertz CT molecular complexity index is 282. The van der Waals surface area contributed by atoms with Gasteiger partial charge in [0.15, 0.2) is 0 Å². The molecular formula is C24H52N2+2. The third-order valence-electron chi connectivity index (χ3n) is 6.94. The first-order valence-electron chi connectivity index (χ1n) is 12.3. The second-order valence-electron chi connectivity index (χ2n) is 9.53. The predicted molar refractivity (Wildman–Crippen MR) is 118 cm³/mol. The van der Waals surface area contributed by atoms with Gasteiger partial charge >= 0.3 is 0 Å². The average molecular weight is 369 g/mol. The van der Waals surface area contributed by atoms with Gasteiger partial charge in [0.25, 0.3) is 0 Å². The van der Waals surface area contributed by atoms with Crippen LogP contribution in [0.2, 0.25) is 0 Å². The van der Waals surface area contributed by atoms with E-state index in [9.17, 15) is 0 Å². The van der Waals surface area contributed by atoms with Crippen LogP contribution in [0.15, 0.2) is 0 Å². The monoisotopic (exact) mass is 368 g/mol. The first-order valence-corrected chi connectivity index (χ1v) is 12.3. The quantitative estimate of drug-likeness (QED) is 0.261. The van der Waals surface area contributed by atoms with Crippen molar-refractivity contribution in [3.63, 3.8) is 0 Å². The Morgan fingerprint density at radius 3 is 0.923 bits per heavy atom. The maximum Gasteiger partial charge on any atom is 0.0786 e. The van der Waals surface area contributed by atoms with E-state index in [4.69, 9.17) is 0 Å². The maximum atomic E-state index is 2.47. The third kappa shape index (κ3) is 10.3. The summed E-state index contributed by atoms with van der Waals surface area (Å²) in [5, 5.41) is 0. The zero-order valence-electron chi connectivity index (χ0n) is 19.0. The molecule has 0 aliphatic carbocycles. The SMILES string of the molecule is CC.C[N+]1(CCCCCCCCCCCC[N+]2(C)CCCC2)CCCC1. The summed E-state index contributed by atoms with van der Waals surface area (Å²) >= 11 is 0. The van der Waals surface area contributed by atoms with Gasteiger partial charge in [0.2, 0.25) is 0 Å². The molecule has 0 atom stereocenters. The van der Waals surface area contributed by atoms with Crippen LogP contribution in [0, 0.1) is 0 Å². The summed E-state index contributed by atoms with van der Waals surface area (Å²) < 4.78 is 2.75. The van der Waals surface area contributed by atoms with Crippen molar-refractivity contribution in [3.05, 3.63) is 0 Å². The van der Waals surface area contributed by atoms with Crippen LogP contribution in [0.3, 0.4) is 0 Å². The Morgan fingerprint density at radius 2 is 0.654 bits per heavy atom. The highest BCUT2D eigenvalue weighted by molar-refractivity contribution is 4.54. The van der Waals surface area contributed by atoms with Crippen LogP contribution < -0.4 is 0 Å². The summed E-state index contributed by atoms with van der Waals surface area (Å²) in [6.45, 7) is 12.7. The highest BCUT2D eigenvalue weighted by Gasteiger charge is 2.26. The van der Waals surface area contributed by atoms with Gasteiger partial charge in [-0.3, -0.25) is 0 Å². The van der Waals surface area contributed by atoms with Crippen LogP contribution in [0.4, 0.5) is 0 Å². The summed E-state index contributed by atoms with van der Waals surface area (Å²) in [6.07, 6.45) is 20.7. The lowest BCUT2D eigenvalue weighted by Gasteiger charge is -2.29. The van der Waals surface area contributed by atoms with Gasteiger partial charge in [-0.15, -0.1) is 0 Å². The lowest BCUT2D eigenvalue weighted by atomic mass is 10.1. The summed E-state index contributed by atoms with van der Waals surface area (Å²) in [5.41, 5.74) is 0. The molecule has 2 heterocycles. The molecule has 156 valence electrons. The zero-order valence-corrected chi connectivity index (χ0v) is 19.0. The van der Waals surface area contributed by atoms with Gasteiger partial charge in [0.1, 0.15) is 0 Å². The van der Waals surface area contributed by atoms with Gasteiger partial charge in [-0.1, -0.05) is 52.4 Å². The van der Waals surface area contributed by atoms with E-state index in [0.717, 1.165) is 0 Å². The van der Waals surface area contributed by atoms with E-state index in [1.807, 2.05) is 13.8 Å². The number of hydrogen-bond acceptors (Lipinski definition) is 0. The molecule has 0 N–H and O–H groups in total. The van der Waals surface area contributed by atoms with E-state index >= 15 is 0 Å². The normalized spacial score (nSPS) is 20.8. The second-order valence-corrected chi connectivity index (χ2v) is 9.53. The minimum atomic E-state index is 1.37. The fourth-order valence-electron chi connectivity index (χ4n) is 5.05. The molecule has 2 aliphatic heterocycles. The van der Waals surface area contributed by atoms with Crippen molar-refractivity contribution in [3.8, 4) is 0 Å². The van der Waals surface area contributed by atoms with Gasteiger partial charge in [0, 0.05) is 25.7 Å². The number of hydrogen-bond donors (Lipinski definition) is 0. The molecule has 0 aromatic rings. The number of likely N-dealkylation sites (tertiary alicyclic amines) is 2. The van der Waals surface area contributed by atoms with Crippen molar-refractivity contribution in [2.45, 2.75) is 104 Å². The third-order valence-corrected chi connectivity index (χ3v) is 6.94. The topological polar surface area (TPSA) is 0 Å². The van der Waals surface area contributed by atoms with Crippen molar-refractivity contribution < 1.29 is 8.97 Å². The fraction of sp³-hybridized carbons (Fsp3) is 1.00. The molecule has 2 aliphatic rings. The van der Waals surface area contributed by atoms with Gasteiger partial charge in [-0.2, -0.15) is 0 Å². The van der Waals surface area contributed by atoms with Crippen LogP contribution in [-0.2, 0) is 0 Å². The molecule has 0 amide bonds. The molecule has 2 saturated heterocycles. The molecule has 0 aromatic carbocycles. The molecule has 2 nitrogen and oxygen atoms in total. The number of rotatable bonds is 13. The van der Waals surface area contributed by atoms with Crippen LogP contribution in [0.5, 0.6) is 0 Å². The molecule has 0 spiro atoms. The van der Waals surface area contributed by atoms with Crippen LogP contribution in [-0.4, -0.2) is 62.3 Å². The molecule has 0 aromatic heterocycles. The lowest BCUT2D eigenvalue weighted by molar-refractivity contribution is -0.897. The molecule has 2 rings (SSSR count). The van der Waals surface area contributed by atoms with E-state index in [-0.39, 0.29) is 0 Å². The Labute approximate surface area is 166 Å². The van der Waals surface area contributed by atoms with Crippen molar-refractivity contribution >= 4 is 0 Å². The Hall–Kier alpha value is -0.0800. The van der Waals surface area contributed by atoms with Crippen molar-refractivity contribution in [1.29, 1.82) is 0 Å². The van der Waals surface area contributed by atoms with E-state index in [1.54, 1.807) is 0 Å². The highest BCUT2D eigenvalue weighted by atomic mass is 15.3. The summed E-state index contributed by atoms with van der Waals surface area (Å²) in [6, 6.07) is 0. The molecule has 26 heavy (non-hydrogen) atoms. The van der Waals surface area contributed by atoms with Gasteiger partial charge < -0.3 is 8.97 Å². The molecule has 2 heteroatoms. The molecule has 0 unspecified atom stereocenters. The largest absolute Gasteiger partial charge is 0.326 e. The fourth-order valence-corrected chi connectivity index (χ4v) is 5.05. The smallest absolute Gasteiger partial charge is 0.0786 e. The summed E-state index contributed by atoms with van der Waals surface area (Å²) in [7, 11) is 4.94. The second kappa shape index (κ2) is 14.0. The van der Waals surface area contributed by atoms with Crippen LogP contribution in [0.1, 0.15) is 104 Å². The molecule has 2 fully saturated rings. The highest BCUT2D eigenvalue weighted by Crippen LogP contribution is 2.19. The zero-order chi connectivity index (χ0) is 19.1. The molecule has 0 radical (unpaired) electrons. The van der Waals surface area contributed by atoms with Crippen LogP contribution in [0.25, 0.3) is 0 Å². The first kappa shape index (κ1) is 24.0. The Kier molecular flexibility index (Phi) is 12.9. The average Bonchev–Trinajstić information content (AvgIpc) is 3.27. The van der Waals surface area contributed by atoms with E-state index in [1.165, 1.54) is 138 Å². The van der Waals surface area contributed by atoms with Crippen molar-refractivity contribution in [1.82, 2.24) is 0 Å². The Morgan fingerprint density at radius 1 is 0.423 bits per heavy atom. The standard InChI is InChI=1S/C22H46N2.C2H6/c1-23(19-13-14-20-23)17-11-9-7-5-3-4-6-8-10-12-18-24(2)21-15-16-22-24;1-2/h3-22H2,1-2H3;1-2H3/q+2;. The van der Waals surface area contributed by atoms with E-state index < -0.39 is 0 Å². The van der Waals surface area contributed by atoms with E-state index in [0.29, 0.717) is 0 Å². The minimum absolute atomic E-state index is 1.37. The van der Waals surface area contributed by atoms with Crippen molar-refractivity contribution in [2.75, 3.05) is 53.4 Å². The van der Waals surface area contributed by atoms with Crippen LogP contribution >= 0.6 is 0 Å². The minimum Gasteiger partial charge on any atom is -0.326 e. The summed E-state index contributed by atoms with van der Waals surface area (Å²) in [5.74, 6) is 0. The van der Waals surface area contributed by atoms with Gasteiger partial charge in [-0.25, -0.2) is 0 Å². The lowest BCUT2D eigenvalue weighted by Crippen LogP contribution is -2.41. The number of unbranched alkanes of at least 4 members (excludes halogenated alkanes) is 9. The first-order chi connectivity index (χ1) is 12.6. The molecule has 0 bridgehead atoms. The van der Waals surface area contributed by atoms with Gasteiger partial charge in [-0.05, 0) is 25.7 Å². The van der Waals surface area contributed by atoms with Gasteiger partial charge in [0.05, 0.1) is 53.4 Å². The molecule has 0 saturated carbocycles. The molecular weight excluding hydrogens is 316 g/mol. The number of quaternary nitrogens is 2. The predicted octanol–water partition coefficient (Wildman–Crippen LogP) is 6.39. The Balaban J connectivity index is 0.00000163. The summed E-state index contributed by atoms with van der Waals surface area (Å²) in [4.78, 5) is 0.